The average Bonchev–Trinajstić information content (AvgIpc) is 2.75. The lowest BCUT2D eigenvalue weighted by atomic mass is 10.1. The van der Waals surface area contributed by atoms with Crippen molar-refractivity contribution in [1.29, 1.82) is 0 Å². The number of thiazole rings is 1. The molecular formula is C16H23N3O2S2. The minimum atomic E-state index is -0.363. The summed E-state index contributed by atoms with van der Waals surface area (Å²) >= 11 is 2.74. The Morgan fingerprint density at radius 1 is 1.43 bits per heavy atom. The van der Waals surface area contributed by atoms with Gasteiger partial charge in [0.2, 0.25) is 11.8 Å². The van der Waals surface area contributed by atoms with Crippen molar-refractivity contribution in [3.63, 3.8) is 0 Å². The smallest absolute Gasteiger partial charge is 0.230 e. The van der Waals surface area contributed by atoms with E-state index in [2.05, 4.69) is 44.1 Å². The number of primary amides is 1. The Labute approximate surface area is 145 Å². The monoisotopic (exact) mass is 353 g/mol. The van der Waals surface area contributed by atoms with Crippen molar-refractivity contribution in [2.75, 3.05) is 11.1 Å². The van der Waals surface area contributed by atoms with Gasteiger partial charge in [-0.2, -0.15) is 0 Å². The van der Waals surface area contributed by atoms with E-state index in [0.29, 0.717) is 5.13 Å². The number of nitrogens with zero attached hydrogens (tertiary/aromatic N) is 1. The minimum Gasteiger partial charge on any atom is -0.369 e. The van der Waals surface area contributed by atoms with Crippen molar-refractivity contribution < 1.29 is 9.59 Å². The molecule has 2 amide bonds. The van der Waals surface area contributed by atoms with E-state index in [1.807, 2.05) is 6.92 Å². The van der Waals surface area contributed by atoms with Gasteiger partial charge in [-0.15, -0.1) is 11.8 Å². The minimum absolute atomic E-state index is 0.0118. The molecule has 0 bridgehead atoms. The second-order valence-corrected chi connectivity index (χ2v) is 8.95. The summed E-state index contributed by atoms with van der Waals surface area (Å²) in [6.45, 7) is 10.2. The zero-order valence-corrected chi connectivity index (χ0v) is 15.7. The maximum absolute atomic E-state index is 12.5. The molecule has 1 aliphatic rings. The molecule has 0 aromatic carbocycles. The SMILES string of the molecule is CC(C)=C[C@@H]1[C@@H](C(=O)Nc2nc(C)c(SCC(N)=O)s2)C1(C)C. The molecule has 0 aliphatic heterocycles. The van der Waals surface area contributed by atoms with Crippen LogP contribution in [0.5, 0.6) is 0 Å². The Kier molecular flexibility index (Phi) is 5.20. The van der Waals surface area contributed by atoms with E-state index in [-0.39, 0.29) is 34.8 Å². The van der Waals surface area contributed by atoms with Crippen molar-refractivity contribution in [2.45, 2.75) is 38.8 Å². The van der Waals surface area contributed by atoms with Crippen LogP contribution < -0.4 is 11.1 Å². The summed E-state index contributed by atoms with van der Waals surface area (Å²) < 4.78 is 0.912. The number of aromatic nitrogens is 1. The average molecular weight is 354 g/mol. The number of hydrogen-bond donors (Lipinski definition) is 2. The van der Waals surface area contributed by atoms with Gasteiger partial charge in [-0.1, -0.05) is 36.8 Å². The van der Waals surface area contributed by atoms with Gasteiger partial charge in [-0.25, -0.2) is 4.98 Å². The maximum Gasteiger partial charge on any atom is 0.230 e. The zero-order valence-electron chi connectivity index (χ0n) is 14.1. The van der Waals surface area contributed by atoms with Gasteiger partial charge in [0.05, 0.1) is 21.6 Å². The van der Waals surface area contributed by atoms with Crippen LogP contribution in [0.15, 0.2) is 15.9 Å². The van der Waals surface area contributed by atoms with Gasteiger partial charge in [0.1, 0.15) is 0 Å². The molecule has 1 heterocycles. The molecule has 1 aliphatic carbocycles. The highest BCUT2D eigenvalue weighted by molar-refractivity contribution is 8.01. The van der Waals surface area contributed by atoms with E-state index in [1.165, 1.54) is 28.7 Å². The molecule has 23 heavy (non-hydrogen) atoms. The van der Waals surface area contributed by atoms with Crippen molar-refractivity contribution in [1.82, 2.24) is 4.98 Å². The number of aryl methyl sites for hydroxylation is 1. The van der Waals surface area contributed by atoms with Crippen LogP contribution in [-0.2, 0) is 9.59 Å². The molecule has 5 nitrogen and oxygen atoms in total. The van der Waals surface area contributed by atoms with Crippen molar-refractivity contribution in [3.8, 4) is 0 Å². The van der Waals surface area contributed by atoms with Crippen molar-refractivity contribution in [2.24, 2.45) is 23.0 Å². The lowest BCUT2D eigenvalue weighted by molar-refractivity contribution is -0.118. The molecule has 0 saturated heterocycles. The van der Waals surface area contributed by atoms with Crippen LogP contribution in [0.3, 0.4) is 0 Å². The molecule has 7 heteroatoms. The van der Waals surface area contributed by atoms with E-state index in [4.69, 9.17) is 5.73 Å². The molecule has 1 aromatic heterocycles. The summed E-state index contributed by atoms with van der Waals surface area (Å²) in [6, 6.07) is 0. The fourth-order valence-corrected chi connectivity index (χ4v) is 4.62. The number of anilines is 1. The van der Waals surface area contributed by atoms with Crippen LogP contribution in [0.2, 0.25) is 0 Å². The quantitative estimate of drug-likeness (QED) is 0.607. The van der Waals surface area contributed by atoms with Gasteiger partial charge in [0.15, 0.2) is 5.13 Å². The first-order valence-electron chi connectivity index (χ1n) is 7.47. The van der Waals surface area contributed by atoms with E-state index in [0.717, 1.165) is 9.90 Å². The number of hydrogen-bond acceptors (Lipinski definition) is 5. The lowest BCUT2D eigenvalue weighted by Crippen LogP contribution is -2.16. The van der Waals surface area contributed by atoms with E-state index in [1.54, 1.807) is 0 Å². The van der Waals surface area contributed by atoms with E-state index < -0.39 is 0 Å². The molecule has 2 rings (SSSR count). The molecule has 1 fully saturated rings. The van der Waals surface area contributed by atoms with Gasteiger partial charge in [0.25, 0.3) is 0 Å². The molecule has 0 spiro atoms. The molecule has 2 atom stereocenters. The van der Waals surface area contributed by atoms with Gasteiger partial charge in [-0.05, 0) is 32.1 Å². The third kappa shape index (κ3) is 4.14. The molecule has 0 radical (unpaired) electrons. The molecular weight excluding hydrogens is 330 g/mol. The van der Waals surface area contributed by atoms with Crippen LogP contribution in [0.25, 0.3) is 0 Å². The highest BCUT2D eigenvalue weighted by atomic mass is 32.2. The second-order valence-electron chi connectivity index (χ2n) is 6.70. The highest BCUT2D eigenvalue weighted by Gasteiger charge is 2.60. The fourth-order valence-electron chi connectivity index (χ4n) is 2.74. The van der Waals surface area contributed by atoms with Crippen LogP contribution in [0.4, 0.5) is 5.13 Å². The summed E-state index contributed by atoms with van der Waals surface area (Å²) in [6.07, 6.45) is 2.17. The number of nitrogens with two attached hydrogens (primary N) is 1. The van der Waals surface area contributed by atoms with Crippen LogP contribution in [-0.4, -0.2) is 22.6 Å². The first-order valence-corrected chi connectivity index (χ1v) is 9.27. The first kappa shape index (κ1) is 18.0. The van der Waals surface area contributed by atoms with Gasteiger partial charge < -0.3 is 11.1 Å². The number of rotatable bonds is 6. The molecule has 3 N–H and O–H groups in total. The highest BCUT2D eigenvalue weighted by Crippen LogP contribution is 2.59. The summed E-state index contributed by atoms with van der Waals surface area (Å²) in [5.74, 6) is 0.116. The van der Waals surface area contributed by atoms with Gasteiger partial charge in [-0.3, -0.25) is 9.59 Å². The zero-order chi connectivity index (χ0) is 17.4. The summed E-state index contributed by atoms with van der Waals surface area (Å²) in [4.78, 5) is 27.8. The molecule has 0 unspecified atom stereocenters. The van der Waals surface area contributed by atoms with Crippen molar-refractivity contribution in [3.05, 3.63) is 17.3 Å². The Hall–Kier alpha value is -1.34. The second kappa shape index (κ2) is 6.65. The molecule has 1 saturated carbocycles. The maximum atomic E-state index is 12.5. The van der Waals surface area contributed by atoms with Gasteiger partial charge in [0, 0.05) is 0 Å². The standard InChI is InChI=1S/C16H23N3O2S2/c1-8(2)6-10-12(16(10,4)5)13(21)19-15-18-9(3)14(23-15)22-7-11(17)20/h6,10,12H,7H2,1-5H3,(H2,17,20)(H,18,19,21)/t10-,12+/m1/s1. The van der Waals surface area contributed by atoms with Crippen LogP contribution in [0, 0.1) is 24.2 Å². The Morgan fingerprint density at radius 2 is 2.09 bits per heavy atom. The third-order valence-corrected chi connectivity index (χ3v) is 6.49. The first-order chi connectivity index (χ1) is 10.6. The largest absolute Gasteiger partial charge is 0.369 e. The molecule has 126 valence electrons. The summed E-state index contributed by atoms with van der Waals surface area (Å²) in [7, 11) is 0. The van der Waals surface area contributed by atoms with E-state index >= 15 is 0 Å². The normalized spacial score (nSPS) is 21.6. The van der Waals surface area contributed by atoms with Gasteiger partial charge >= 0.3 is 0 Å². The lowest BCUT2D eigenvalue weighted by Gasteiger charge is -2.02. The molecule has 1 aromatic rings. The van der Waals surface area contributed by atoms with E-state index in [9.17, 15) is 9.59 Å². The number of amides is 2. The fraction of sp³-hybridized carbons (Fsp3) is 0.562. The van der Waals surface area contributed by atoms with Crippen LogP contribution in [0.1, 0.15) is 33.4 Å². The number of thioether (sulfide) groups is 1. The Morgan fingerprint density at radius 3 is 2.65 bits per heavy atom. The Bertz CT molecular complexity index is 660. The summed E-state index contributed by atoms with van der Waals surface area (Å²) in [5.41, 5.74) is 7.19. The third-order valence-electron chi connectivity index (χ3n) is 4.04. The number of carbonyl (C=O) groups is 2. The Balaban J connectivity index is 2.03. The number of nitrogens with one attached hydrogen (secondary N) is 1. The van der Waals surface area contributed by atoms with Crippen LogP contribution >= 0.6 is 23.1 Å². The predicted molar refractivity (Wildman–Crippen MR) is 95.6 cm³/mol. The topological polar surface area (TPSA) is 85.1 Å². The van der Waals surface area contributed by atoms with Crippen molar-refractivity contribution >= 4 is 40.0 Å². The number of allylic oxidation sites excluding steroid dienone is 2. The predicted octanol–water partition coefficient (Wildman–Crippen LogP) is 3.21. The summed E-state index contributed by atoms with van der Waals surface area (Å²) in [5, 5.41) is 3.50. The number of carbonyl (C=O) groups excluding carboxylic acids is 2.